The number of aromatic amines is 2. The Morgan fingerprint density at radius 3 is 2.69 bits per heavy atom. The van der Waals surface area contributed by atoms with Crippen LogP contribution in [0.4, 0.5) is 0 Å². The zero-order valence-electron chi connectivity index (χ0n) is 15.4. The number of nitrogens with one attached hydrogen (secondary N) is 2. The molecule has 0 saturated carbocycles. The van der Waals surface area contributed by atoms with E-state index in [2.05, 4.69) is 19.9 Å². The van der Waals surface area contributed by atoms with Crippen LogP contribution in [0.5, 0.6) is 11.5 Å². The van der Waals surface area contributed by atoms with Gasteiger partial charge in [0, 0.05) is 17.8 Å². The second kappa shape index (κ2) is 6.76. The standard InChI is InChI=1S/C22H15ClN4O2/c1-12-26-18-11-25-22-19(20(18)27-12)16(10-24-22)21(28)15-8-7-14(9-17(15)23)29-13-5-3-2-4-6-13/h2-11H,1H3,(H,24,25)(H,26,27). The van der Waals surface area contributed by atoms with Crippen LogP contribution < -0.4 is 4.74 Å². The lowest BCUT2D eigenvalue weighted by Crippen LogP contribution is -2.02. The maximum atomic E-state index is 13.3. The van der Waals surface area contributed by atoms with Gasteiger partial charge in [-0.25, -0.2) is 9.97 Å². The van der Waals surface area contributed by atoms with Gasteiger partial charge in [0.05, 0.1) is 27.7 Å². The van der Waals surface area contributed by atoms with Gasteiger partial charge in [-0.05, 0) is 31.2 Å². The van der Waals surface area contributed by atoms with E-state index in [9.17, 15) is 4.79 Å². The lowest BCUT2D eigenvalue weighted by molar-refractivity contribution is 0.104. The van der Waals surface area contributed by atoms with Gasteiger partial charge in [-0.15, -0.1) is 0 Å². The van der Waals surface area contributed by atoms with E-state index in [4.69, 9.17) is 16.3 Å². The molecule has 0 amide bonds. The Bertz CT molecular complexity index is 1370. The topological polar surface area (TPSA) is 83.7 Å². The highest BCUT2D eigenvalue weighted by atomic mass is 35.5. The van der Waals surface area contributed by atoms with Crippen molar-refractivity contribution >= 4 is 39.5 Å². The third kappa shape index (κ3) is 3.03. The van der Waals surface area contributed by atoms with Crippen LogP contribution in [0.3, 0.4) is 0 Å². The SMILES string of the molecule is Cc1nc2c(cnc3[nH]cc(C(=O)c4ccc(Oc5ccccc5)cc4Cl)c32)[nH]1. The van der Waals surface area contributed by atoms with E-state index in [0.717, 1.165) is 11.3 Å². The molecule has 0 saturated heterocycles. The van der Waals surface area contributed by atoms with Crippen molar-refractivity contribution in [2.75, 3.05) is 0 Å². The lowest BCUT2D eigenvalue weighted by atomic mass is 10.0. The summed E-state index contributed by atoms with van der Waals surface area (Å²) in [6.07, 6.45) is 3.35. The number of ketones is 1. The van der Waals surface area contributed by atoms with Crippen molar-refractivity contribution in [3.63, 3.8) is 0 Å². The Balaban J connectivity index is 1.55. The second-order valence-corrected chi connectivity index (χ2v) is 7.06. The monoisotopic (exact) mass is 402 g/mol. The number of rotatable bonds is 4. The molecule has 0 radical (unpaired) electrons. The molecule has 3 aromatic heterocycles. The number of carbonyl (C=O) groups excluding carboxylic acids is 1. The van der Waals surface area contributed by atoms with E-state index in [-0.39, 0.29) is 5.78 Å². The Hall–Kier alpha value is -3.64. The first-order chi connectivity index (χ1) is 14.1. The summed E-state index contributed by atoms with van der Waals surface area (Å²) in [5, 5.41) is 0.994. The predicted octanol–water partition coefficient (Wildman–Crippen LogP) is 5.42. The van der Waals surface area contributed by atoms with Crippen molar-refractivity contribution in [1.29, 1.82) is 0 Å². The highest BCUT2D eigenvalue weighted by Gasteiger charge is 2.21. The highest BCUT2D eigenvalue weighted by Crippen LogP contribution is 2.31. The number of carbonyl (C=O) groups is 1. The van der Waals surface area contributed by atoms with Gasteiger partial charge in [0.15, 0.2) is 5.78 Å². The Morgan fingerprint density at radius 2 is 1.90 bits per heavy atom. The number of halogens is 1. The number of aromatic nitrogens is 4. The van der Waals surface area contributed by atoms with E-state index < -0.39 is 0 Å². The van der Waals surface area contributed by atoms with Gasteiger partial charge in [-0.1, -0.05) is 29.8 Å². The largest absolute Gasteiger partial charge is 0.457 e. The Morgan fingerprint density at radius 1 is 1.07 bits per heavy atom. The van der Waals surface area contributed by atoms with E-state index in [1.54, 1.807) is 30.6 Å². The van der Waals surface area contributed by atoms with Gasteiger partial charge >= 0.3 is 0 Å². The number of nitrogens with zero attached hydrogens (tertiary/aromatic N) is 2. The maximum Gasteiger partial charge on any atom is 0.196 e. The molecule has 2 aromatic carbocycles. The molecular formula is C22H15ClN4O2. The van der Waals surface area contributed by atoms with Crippen LogP contribution in [0.1, 0.15) is 21.7 Å². The van der Waals surface area contributed by atoms with Crippen LogP contribution in [0.2, 0.25) is 5.02 Å². The maximum absolute atomic E-state index is 13.3. The van der Waals surface area contributed by atoms with E-state index in [1.165, 1.54) is 0 Å². The number of H-pyrrole nitrogens is 2. The van der Waals surface area contributed by atoms with Crippen LogP contribution >= 0.6 is 11.6 Å². The van der Waals surface area contributed by atoms with Crippen molar-refractivity contribution < 1.29 is 9.53 Å². The molecule has 142 valence electrons. The van der Waals surface area contributed by atoms with Gasteiger partial charge in [-0.2, -0.15) is 0 Å². The first-order valence-electron chi connectivity index (χ1n) is 9.00. The fraction of sp³-hybridized carbons (Fsp3) is 0.0455. The molecular weight excluding hydrogens is 388 g/mol. The lowest BCUT2D eigenvalue weighted by Gasteiger charge is -2.08. The smallest absolute Gasteiger partial charge is 0.196 e. The zero-order chi connectivity index (χ0) is 20.0. The number of pyridine rings is 1. The molecule has 0 aliphatic rings. The number of aryl methyl sites for hydroxylation is 1. The summed E-state index contributed by atoms with van der Waals surface area (Å²) < 4.78 is 5.79. The number of hydrogen-bond acceptors (Lipinski definition) is 4. The summed E-state index contributed by atoms with van der Waals surface area (Å²) in [4.78, 5) is 28.3. The number of hydrogen-bond donors (Lipinski definition) is 2. The van der Waals surface area contributed by atoms with Crippen molar-refractivity contribution in [2.45, 2.75) is 6.92 Å². The molecule has 0 spiro atoms. The summed E-state index contributed by atoms with van der Waals surface area (Å²) in [6.45, 7) is 1.86. The van der Waals surface area contributed by atoms with Crippen LogP contribution in [-0.4, -0.2) is 25.7 Å². The molecule has 0 aliphatic carbocycles. The van der Waals surface area contributed by atoms with Gasteiger partial charge in [-0.3, -0.25) is 4.79 Å². The van der Waals surface area contributed by atoms with Gasteiger partial charge in [0.25, 0.3) is 0 Å². The second-order valence-electron chi connectivity index (χ2n) is 6.65. The molecule has 0 bridgehead atoms. The van der Waals surface area contributed by atoms with E-state index >= 15 is 0 Å². The molecule has 2 N–H and O–H groups in total. The average molecular weight is 403 g/mol. The summed E-state index contributed by atoms with van der Waals surface area (Å²) in [5.41, 5.74) is 2.95. The van der Waals surface area contributed by atoms with Crippen molar-refractivity contribution in [2.24, 2.45) is 0 Å². The predicted molar refractivity (Wildman–Crippen MR) is 112 cm³/mol. The van der Waals surface area contributed by atoms with Crippen molar-refractivity contribution in [3.05, 3.63) is 82.9 Å². The van der Waals surface area contributed by atoms with E-state index in [0.29, 0.717) is 44.2 Å². The summed E-state index contributed by atoms with van der Waals surface area (Å²) in [5.74, 6) is 1.81. The average Bonchev–Trinajstić information content (AvgIpc) is 3.31. The first-order valence-corrected chi connectivity index (χ1v) is 9.37. The summed E-state index contributed by atoms with van der Waals surface area (Å²) in [6, 6.07) is 14.4. The fourth-order valence-electron chi connectivity index (χ4n) is 3.37. The van der Waals surface area contributed by atoms with Crippen molar-refractivity contribution in [3.8, 4) is 11.5 Å². The van der Waals surface area contributed by atoms with Crippen LogP contribution in [0.25, 0.3) is 22.1 Å². The molecule has 0 aliphatic heterocycles. The molecule has 0 atom stereocenters. The molecule has 0 unspecified atom stereocenters. The molecule has 5 rings (SSSR count). The molecule has 0 fully saturated rings. The minimum absolute atomic E-state index is 0.206. The number of imidazole rings is 1. The highest BCUT2D eigenvalue weighted by molar-refractivity contribution is 6.36. The summed E-state index contributed by atoms with van der Waals surface area (Å²) in [7, 11) is 0. The van der Waals surface area contributed by atoms with Crippen LogP contribution in [0, 0.1) is 6.92 Å². The van der Waals surface area contributed by atoms with E-state index in [1.807, 2.05) is 37.3 Å². The van der Waals surface area contributed by atoms with Crippen molar-refractivity contribution in [1.82, 2.24) is 19.9 Å². The quantitative estimate of drug-likeness (QED) is 0.393. The minimum atomic E-state index is -0.206. The Labute approximate surface area is 170 Å². The normalized spacial score (nSPS) is 11.2. The number of fused-ring (bicyclic) bond motifs is 3. The zero-order valence-corrected chi connectivity index (χ0v) is 16.1. The minimum Gasteiger partial charge on any atom is -0.457 e. The third-order valence-corrected chi connectivity index (χ3v) is 4.99. The van der Waals surface area contributed by atoms with Gasteiger partial charge in [0.1, 0.15) is 28.5 Å². The number of para-hydroxylation sites is 1. The number of ether oxygens (including phenoxy) is 1. The van der Waals surface area contributed by atoms with Gasteiger partial charge < -0.3 is 14.7 Å². The van der Waals surface area contributed by atoms with Crippen LogP contribution in [0.15, 0.2) is 60.9 Å². The van der Waals surface area contributed by atoms with Crippen LogP contribution in [-0.2, 0) is 0 Å². The molecule has 7 heteroatoms. The Kier molecular flexibility index (Phi) is 4.07. The molecule has 5 aromatic rings. The first kappa shape index (κ1) is 17.5. The number of benzene rings is 2. The van der Waals surface area contributed by atoms with Gasteiger partial charge in [0.2, 0.25) is 0 Å². The molecule has 3 heterocycles. The fourth-order valence-corrected chi connectivity index (χ4v) is 3.63. The molecule has 6 nitrogen and oxygen atoms in total. The molecule has 29 heavy (non-hydrogen) atoms. The summed E-state index contributed by atoms with van der Waals surface area (Å²) >= 11 is 6.43. The third-order valence-electron chi connectivity index (χ3n) is 4.68.